The number of fused-ring (bicyclic) bond motifs is 1. The van der Waals surface area contributed by atoms with Crippen LogP contribution in [0, 0.1) is 0 Å². The van der Waals surface area contributed by atoms with E-state index in [9.17, 15) is 4.79 Å². The minimum atomic E-state index is -0.301. The quantitative estimate of drug-likeness (QED) is 0.549. The standard InChI is InChI=1S/C19H14ClN5O2/c1-27-16-7-2-11(8-14(16)20)18-23-9-15-19(24-18)25(17(26)10-22-15)13-5-3-12(21)4-6-13/h2-10H,21H2,1H3. The Morgan fingerprint density at radius 3 is 2.56 bits per heavy atom. The van der Waals surface area contributed by atoms with Gasteiger partial charge < -0.3 is 10.5 Å². The third-order valence-electron chi connectivity index (χ3n) is 4.06. The zero-order valence-electron chi connectivity index (χ0n) is 14.3. The van der Waals surface area contributed by atoms with Crippen molar-refractivity contribution in [2.75, 3.05) is 12.8 Å². The third kappa shape index (κ3) is 3.09. The van der Waals surface area contributed by atoms with Gasteiger partial charge >= 0.3 is 0 Å². The minimum absolute atomic E-state index is 0.301. The molecule has 2 heterocycles. The van der Waals surface area contributed by atoms with Crippen LogP contribution in [-0.2, 0) is 0 Å². The van der Waals surface area contributed by atoms with Gasteiger partial charge in [0, 0.05) is 11.3 Å². The molecule has 0 saturated heterocycles. The highest BCUT2D eigenvalue weighted by Gasteiger charge is 2.12. The predicted molar refractivity (Wildman–Crippen MR) is 104 cm³/mol. The summed E-state index contributed by atoms with van der Waals surface area (Å²) in [6.07, 6.45) is 2.81. The molecule has 0 aliphatic heterocycles. The molecule has 0 unspecified atom stereocenters. The SMILES string of the molecule is COc1ccc(-c2ncc3ncc(=O)n(-c4ccc(N)cc4)c3n2)cc1Cl. The van der Waals surface area contributed by atoms with Crippen molar-refractivity contribution in [3.63, 3.8) is 0 Å². The first kappa shape index (κ1) is 17.0. The number of halogens is 1. The van der Waals surface area contributed by atoms with E-state index in [2.05, 4.69) is 15.0 Å². The van der Waals surface area contributed by atoms with Crippen molar-refractivity contribution in [1.82, 2.24) is 19.5 Å². The van der Waals surface area contributed by atoms with Gasteiger partial charge in [0.05, 0.1) is 30.2 Å². The number of nitrogens with zero attached hydrogens (tertiary/aromatic N) is 4. The van der Waals surface area contributed by atoms with Crippen LogP contribution < -0.4 is 16.0 Å². The molecule has 0 bridgehead atoms. The second-order valence-electron chi connectivity index (χ2n) is 5.78. The molecule has 27 heavy (non-hydrogen) atoms. The fraction of sp³-hybridized carbons (Fsp3) is 0.0526. The lowest BCUT2D eigenvalue weighted by atomic mass is 10.2. The number of rotatable bonds is 3. The van der Waals surface area contributed by atoms with E-state index in [1.54, 1.807) is 55.8 Å². The van der Waals surface area contributed by atoms with Gasteiger partial charge in [-0.3, -0.25) is 9.36 Å². The number of benzene rings is 2. The van der Waals surface area contributed by atoms with Gasteiger partial charge in [-0.1, -0.05) is 11.6 Å². The first-order valence-corrected chi connectivity index (χ1v) is 8.39. The van der Waals surface area contributed by atoms with Crippen LogP contribution in [0.3, 0.4) is 0 Å². The minimum Gasteiger partial charge on any atom is -0.495 e. The highest BCUT2D eigenvalue weighted by Crippen LogP contribution is 2.29. The summed E-state index contributed by atoms with van der Waals surface area (Å²) in [7, 11) is 1.55. The molecule has 0 atom stereocenters. The molecule has 4 aromatic rings. The van der Waals surface area contributed by atoms with Crippen molar-refractivity contribution in [2.45, 2.75) is 0 Å². The molecule has 0 spiro atoms. The van der Waals surface area contributed by atoms with Crippen LogP contribution >= 0.6 is 11.6 Å². The maximum Gasteiger partial charge on any atom is 0.275 e. The van der Waals surface area contributed by atoms with Gasteiger partial charge in [-0.25, -0.2) is 15.0 Å². The zero-order valence-corrected chi connectivity index (χ0v) is 15.0. The van der Waals surface area contributed by atoms with Gasteiger partial charge in [0.15, 0.2) is 11.5 Å². The number of methoxy groups -OCH3 is 1. The lowest BCUT2D eigenvalue weighted by molar-refractivity contribution is 0.415. The van der Waals surface area contributed by atoms with Gasteiger partial charge in [-0.15, -0.1) is 0 Å². The molecule has 7 nitrogen and oxygen atoms in total. The van der Waals surface area contributed by atoms with E-state index in [0.717, 1.165) is 0 Å². The van der Waals surface area contributed by atoms with E-state index >= 15 is 0 Å². The summed E-state index contributed by atoms with van der Waals surface area (Å²) in [6, 6.07) is 12.2. The summed E-state index contributed by atoms with van der Waals surface area (Å²) in [4.78, 5) is 25.5. The summed E-state index contributed by atoms with van der Waals surface area (Å²) < 4.78 is 6.64. The van der Waals surface area contributed by atoms with E-state index in [0.29, 0.717) is 44.7 Å². The Labute approximate surface area is 159 Å². The molecule has 4 rings (SSSR count). The highest BCUT2D eigenvalue weighted by atomic mass is 35.5. The van der Waals surface area contributed by atoms with Crippen LogP contribution in [0.4, 0.5) is 5.69 Å². The Morgan fingerprint density at radius 2 is 1.85 bits per heavy atom. The number of aromatic nitrogens is 4. The van der Waals surface area contributed by atoms with Crippen molar-refractivity contribution in [1.29, 1.82) is 0 Å². The van der Waals surface area contributed by atoms with Crippen molar-refractivity contribution >= 4 is 28.5 Å². The molecule has 0 saturated carbocycles. The molecule has 0 fully saturated rings. The van der Waals surface area contributed by atoms with E-state index < -0.39 is 0 Å². The Kier molecular flexibility index (Phi) is 4.21. The van der Waals surface area contributed by atoms with Crippen LogP contribution in [0.15, 0.2) is 59.7 Å². The van der Waals surface area contributed by atoms with E-state index in [1.807, 2.05) is 0 Å². The summed E-state index contributed by atoms with van der Waals surface area (Å²) in [5, 5.41) is 0.445. The maximum atomic E-state index is 12.5. The lowest BCUT2D eigenvalue weighted by Gasteiger charge is -2.10. The average molecular weight is 380 g/mol. The second kappa shape index (κ2) is 6.69. The van der Waals surface area contributed by atoms with E-state index in [1.165, 1.54) is 10.8 Å². The molecule has 0 radical (unpaired) electrons. The van der Waals surface area contributed by atoms with Crippen LogP contribution in [0.2, 0.25) is 5.02 Å². The molecule has 2 aromatic carbocycles. The van der Waals surface area contributed by atoms with Gasteiger partial charge in [-0.05, 0) is 42.5 Å². The van der Waals surface area contributed by atoms with Gasteiger partial charge in [0.1, 0.15) is 11.3 Å². The Balaban J connectivity index is 1.93. The largest absolute Gasteiger partial charge is 0.495 e. The smallest absolute Gasteiger partial charge is 0.275 e. The second-order valence-corrected chi connectivity index (χ2v) is 6.18. The van der Waals surface area contributed by atoms with Crippen LogP contribution in [0.25, 0.3) is 28.2 Å². The summed E-state index contributed by atoms with van der Waals surface area (Å²) in [5.74, 6) is 0.977. The lowest BCUT2D eigenvalue weighted by Crippen LogP contribution is -2.19. The van der Waals surface area contributed by atoms with Crippen molar-refractivity contribution in [2.24, 2.45) is 0 Å². The number of anilines is 1. The Bertz CT molecular complexity index is 1210. The molecule has 2 aromatic heterocycles. The normalized spacial score (nSPS) is 10.9. The van der Waals surface area contributed by atoms with Crippen LogP contribution in [0.1, 0.15) is 0 Å². The number of nitrogen functional groups attached to an aromatic ring is 1. The van der Waals surface area contributed by atoms with Crippen LogP contribution in [-0.4, -0.2) is 26.6 Å². The molecule has 134 valence electrons. The zero-order chi connectivity index (χ0) is 19.0. The number of hydrogen-bond acceptors (Lipinski definition) is 6. The topological polar surface area (TPSA) is 95.9 Å². The monoisotopic (exact) mass is 379 g/mol. The summed E-state index contributed by atoms with van der Waals surface area (Å²) in [5.41, 5.74) is 8.27. The summed E-state index contributed by atoms with van der Waals surface area (Å²) >= 11 is 6.20. The fourth-order valence-electron chi connectivity index (χ4n) is 2.73. The van der Waals surface area contributed by atoms with E-state index in [-0.39, 0.29) is 5.56 Å². The van der Waals surface area contributed by atoms with E-state index in [4.69, 9.17) is 22.1 Å². The first-order chi connectivity index (χ1) is 13.1. The average Bonchev–Trinajstić information content (AvgIpc) is 2.68. The van der Waals surface area contributed by atoms with Gasteiger partial charge in [0.2, 0.25) is 0 Å². The van der Waals surface area contributed by atoms with Crippen molar-refractivity contribution in [3.05, 3.63) is 70.2 Å². The molecular weight excluding hydrogens is 366 g/mol. The predicted octanol–water partition coefficient (Wildman–Crippen LogP) is 3.09. The number of ether oxygens (including phenoxy) is 1. The molecule has 2 N–H and O–H groups in total. The molecular formula is C19H14ClN5O2. The molecule has 0 aliphatic carbocycles. The van der Waals surface area contributed by atoms with Crippen molar-refractivity contribution in [3.8, 4) is 22.8 Å². The molecule has 0 aliphatic rings. The fourth-order valence-corrected chi connectivity index (χ4v) is 2.98. The maximum absolute atomic E-state index is 12.5. The van der Waals surface area contributed by atoms with Gasteiger partial charge in [0.25, 0.3) is 5.56 Å². The molecule has 8 heteroatoms. The Morgan fingerprint density at radius 1 is 1.07 bits per heavy atom. The van der Waals surface area contributed by atoms with Crippen molar-refractivity contribution < 1.29 is 4.74 Å². The number of hydrogen-bond donors (Lipinski definition) is 1. The van der Waals surface area contributed by atoms with Crippen LogP contribution in [0.5, 0.6) is 5.75 Å². The first-order valence-electron chi connectivity index (χ1n) is 8.01. The highest BCUT2D eigenvalue weighted by molar-refractivity contribution is 6.32. The summed E-state index contributed by atoms with van der Waals surface area (Å²) in [6.45, 7) is 0. The molecule has 0 amide bonds. The third-order valence-corrected chi connectivity index (χ3v) is 4.35. The number of nitrogens with two attached hydrogens (primary N) is 1. The van der Waals surface area contributed by atoms with Gasteiger partial charge in [-0.2, -0.15) is 0 Å². The Hall–Kier alpha value is -3.45.